The van der Waals surface area contributed by atoms with E-state index in [1.54, 1.807) is 13.2 Å². The fraction of sp³-hybridized carbons (Fsp3) is 0.533. The molecule has 0 aliphatic carbocycles. The van der Waals surface area contributed by atoms with Crippen molar-refractivity contribution in [2.24, 2.45) is 5.41 Å². The number of thioether (sulfide) groups is 1. The second-order valence-corrected chi connectivity index (χ2v) is 7.18. The van der Waals surface area contributed by atoms with Gasteiger partial charge in [-0.2, -0.15) is 0 Å². The summed E-state index contributed by atoms with van der Waals surface area (Å²) < 4.78 is 14.5. The van der Waals surface area contributed by atoms with Crippen molar-refractivity contribution in [1.82, 2.24) is 9.88 Å². The van der Waals surface area contributed by atoms with E-state index in [-0.39, 0.29) is 36.7 Å². The molecule has 2 rings (SSSR count). The average Bonchev–Trinajstić information content (AvgIpc) is 2.50. The number of amides is 1. The number of nitrogens with zero attached hydrogens (tertiary/aromatic N) is 2. The summed E-state index contributed by atoms with van der Waals surface area (Å²) in [6.07, 6.45) is 0.676. The van der Waals surface area contributed by atoms with Crippen LogP contribution in [0.1, 0.15) is 25.5 Å². The maximum absolute atomic E-state index is 14.5. The van der Waals surface area contributed by atoms with Gasteiger partial charge in [0.15, 0.2) is 5.82 Å². The van der Waals surface area contributed by atoms with Crippen LogP contribution < -0.4 is 0 Å². The van der Waals surface area contributed by atoms with Crippen LogP contribution in [0, 0.1) is 11.2 Å². The van der Waals surface area contributed by atoms with Crippen LogP contribution in [0.4, 0.5) is 9.18 Å². The summed E-state index contributed by atoms with van der Waals surface area (Å²) in [5.74, 6) is -1.65. The van der Waals surface area contributed by atoms with Gasteiger partial charge in [-0.3, -0.25) is 4.79 Å². The van der Waals surface area contributed by atoms with Gasteiger partial charge in [0.25, 0.3) is 0 Å². The summed E-state index contributed by atoms with van der Waals surface area (Å²) in [6.45, 7) is 1.74. The van der Waals surface area contributed by atoms with Gasteiger partial charge in [0.1, 0.15) is 5.15 Å². The first kappa shape index (κ1) is 18.8. The first-order valence-electron chi connectivity index (χ1n) is 7.32. The Labute approximate surface area is 148 Å². The summed E-state index contributed by atoms with van der Waals surface area (Å²) in [5.41, 5.74) is -1.26. The average molecular weight is 377 g/mol. The van der Waals surface area contributed by atoms with E-state index < -0.39 is 29.3 Å². The van der Waals surface area contributed by atoms with Crippen molar-refractivity contribution in [2.75, 3.05) is 12.8 Å². The quantitative estimate of drug-likeness (QED) is 0.618. The number of pyridine rings is 1. The molecule has 1 aliphatic heterocycles. The van der Waals surface area contributed by atoms with E-state index in [0.29, 0.717) is 4.90 Å². The second-order valence-electron chi connectivity index (χ2n) is 5.95. The van der Waals surface area contributed by atoms with E-state index in [1.165, 1.54) is 22.7 Å². The van der Waals surface area contributed by atoms with E-state index in [0.717, 1.165) is 0 Å². The van der Waals surface area contributed by atoms with Gasteiger partial charge in [0, 0.05) is 23.9 Å². The summed E-state index contributed by atoms with van der Waals surface area (Å²) in [6, 6.07) is 0.920. The SMILES string of the molecule is CSc1cc(Cl)nc(CC2(C(=O)O)CCN(C(=O)O)[C@H](C)C2)c1F. The van der Waals surface area contributed by atoms with E-state index in [2.05, 4.69) is 4.98 Å². The monoisotopic (exact) mass is 376 g/mol. The summed E-state index contributed by atoms with van der Waals surface area (Å²) in [4.78, 5) is 28.5. The Hall–Kier alpha value is -1.54. The summed E-state index contributed by atoms with van der Waals surface area (Å²) in [5, 5.41) is 19.0. The minimum Gasteiger partial charge on any atom is -0.481 e. The Morgan fingerprint density at radius 3 is 2.71 bits per heavy atom. The van der Waals surface area contributed by atoms with Crippen molar-refractivity contribution >= 4 is 35.4 Å². The Morgan fingerprint density at radius 2 is 2.21 bits per heavy atom. The van der Waals surface area contributed by atoms with Gasteiger partial charge in [-0.05, 0) is 32.1 Å². The van der Waals surface area contributed by atoms with Gasteiger partial charge >= 0.3 is 12.1 Å². The molecule has 24 heavy (non-hydrogen) atoms. The molecule has 1 saturated heterocycles. The number of hydrogen-bond acceptors (Lipinski definition) is 4. The van der Waals surface area contributed by atoms with Crippen LogP contribution >= 0.6 is 23.4 Å². The molecule has 1 amide bonds. The number of carboxylic acid groups (broad SMARTS) is 2. The molecule has 2 heterocycles. The molecule has 1 aromatic heterocycles. The fourth-order valence-electron chi connectivity index (χ4n) is 3.16. The Morgan fingerprint density at radius 1 is 1.54 bits per heavy atom. The van der Waals surface area contributed by atoms with E-state index in [9.17, 15) is 19.1 Å². The van der Waals surface area contributed by atoms with E-state index >= 15 is 0 Å². The first-order chi connectivity index (χ1) is 11.2. The molecule has 2 N–H and O–H groups in total. The smallest absolute Gasteiger partial charge is 0.407 e. The van der Waals surface area contributed by atoms with Crippen molar-refractivity contribution in [3.63, 3.8) is 0 Å². The Bertz CT molecular complexity index is 675. The van der Waals surface area contributed by atoms with Gasteiger partial charge < -0.3 is 15.1 Å². The van der Waals surface area contributed by atoms with Crippen LogP contribution in [0.2, 0.25) is 5.15 Å². The van der Waals surface area contributed by atoms with Crippen molar-refractivity contribution in [2.45, 2.75) is 37.1 Å². The Kier molecular flexibility index (Phi) is 5.59. The molecule has 1 fully saturated rings. The van der Waals surface area contributed by atoms with Crippen molar-refractivity contribution in [3.05, 3.63) is 22.7 Å². The van der Waals surface area contributed by atoms with Crippen molar-refractivity contribution < 1.29 is 24.2 Å². The zero-order valence-corrected chi connectivity index (χ0v) is 14.8. The second kappa shape index (κ2) is 7.14. The molecule has 9 heteroatoms. The predicted octanol–water partition coefficient (Wildman–Crippen LogP) is 3.37. The molecule has 0 radical (unpaired) electrons. The lowest BCUT2D eigenvalue weighted by Crippen LogP contribution is -2.51. The molecular formula is C15H18ClFN2O4S. The lowest BCUT2D eigenvalue weighted by atomic mass is 9.72. The molecule has 2 atom stereocenters. The first-order valence-corrected chi connectivity index (χ1v) is 8.92. The number of halogens is 2. The van der Waals surface area contributed by atoms with Crippen LogP contribution in [0.5, 0.6) is 0 Å². The van der Waals surface area contributed by atoms with E-state index in [1.807, 2.05) is 0 Å². The highest BCUT2D eigenvalue weighted by molar-refractivity contribution is 7.98. The van der Waals surface area contributed by atoms with Gasteiger partial charge in [0.2, 0.25) is 0 Å². The molecule has 0 saturated carbocycles. The maximum Gasteiger partial charge on any atom is 0.407 e. The standard InChI is InChI=1S/C15H18ClFN2O4S/c1-8-6-15(13(20)21,3-4-19(8)14(22)23)7-9-12(17)10(24-2)5-11(16)18-9/h5,8H,3-4,6-7H2,1-2H3,(H,20,21)(H,22,23)/t8-,15?/m1/s1. The number of piperidine rings is 1. The number of carboxylic acids is 1. The molecule has 0 spiro atoms. The van der Waals surface area contributed by atoms with Gasteiger partial charge in [0.05, 0.1) is 11.1 Å². The van der Waals surface area contributed by atoms with Crippen LogP contribution in [0.15, 0.2) is 11.0 Å². The summed E-state index contributed by atoms with van der Waals surface area (Å²) >= 11 is 7.08. The molecular weight excluding hydrogens is 359 g/mol. The van der Waals surface area contributed by atoms with Crippen LogP contribution in [0.25, 0.3) is 0 Å². The number of aliphatic carboxylic acids is 1. The largest absolute Gasteiger partial charge is 0.481 e. The van der Waals surface area contributed by atoms with Crippen molar-refractivity contribution in [3.8, 4) is 0 Å². The molecule has 1 aliphatic rings. The van der Waals surface area contributed by atoms with Gasteiger partial charge in [-0.25, -0.2) is 14.2 Å². The highest BCUT2D eigenvalue weighted by Gasteiger charge is 2.46. The fourth-order valence-corrected chi connectivity index (χ4v) is 3.96. The Balaban J connectivity index is 2.36. The zero-order valence-electron chi connectivity index (χ0n) is 13.3. The normalized spacial score (nSPS) is 24.0. The summed E-state index contributed by atoms with van der Waals surface area (Å²) in [7, 11) is 0. The molecule has 6 nitrogen and oxygen atoms in total. The van der Waals surface area contributed by atoms with Crippen LogP contribution in [-0.2, 0) is 11.2 Å². The van der Waals surface area contributed by atoms with Crippen molar-refractivity contribution in [1.29, 1.82) is 0 Å². The van der Waals surface area contributed by atoms with E-state index in [4.69, 9.17) is 16.7 Å². The van der Waals surface area contributed by atoms with Crippen LogP contribution in [0.3, 0.4) is 0 Å². The van der Waals surface area contributed by atoms with Gasteiger partial charge in [-0.15, -0.1) is 11.8 Å². The lowest BCUT2D eigenvalue weighted by Gasteiger charge is -2.41. The third-order valence-corrected chi connectivity index (χ3v) is 5.37. The minimum absolute atomic E-state index is 0.00484. The highest BCUT2D eigenvalue weighted by Crippen LogP contribution is 2.39. The third kappa shape index (κ3) is 3.59. The van der Waals surface area contributed by atoms with Crippen LogP contribution in [-0.4, -0.2) is 51.0 Å². The molecule has 1 aromatic rings. The number of likely N-dealkylation sites (tertiary alicyclic amines) is 1. The number of carbonyl (C=O) groups is 2. The zero-order chi connectivity index (χ0) is 18.1. The minimum atomic E-state index is -1.26. The number of hydrogen-bond donors (Lipinski definition) is 2. The third-order valence-electron chi connectivity index (χ3n) is 4.44. The van der Waals surface area contributed by atoms with Gasteiger partial charge in [-0.1, -0.05) is 11.6 Å². The predicted molar refractivity (Wildman–Crippen MR) is 88.2 cm³/mol. The molecule has 1 unspecified atom stereocenters. The molecule has 0 bridgehead atoms. The number of aromatic nitrogens is 1. The number of rotatable bonds is 4. The maximum atomic E-state index is 14.5. The molecule has 132 valence electrons. The topological polar surface area (TPSA) is 90.7 Å². The highest BCUT2D eigenvalue weighted by atomic mass is 35.5. The molecule has 0 aromatic carbocycles. The lowest BCUT2D eigenvalue weighted by molar-refractivity contribution is -0.153.